The molecule has 0 fully saturated rings. The second kappa shape index (κ2) is 4.56. The molecule has 0 bridgehead atoms. The van der Waals surface area contributed by atoms with Crippen molar-refractivity contribution in [1.29, 1.82) is 0 Å². The maximum atomic E-state index is 11.0. The Balaban J connectivity index is 2.36. The maximum Gasteiger partial charge on any atom is 0.356 e. The van der Waals surface area contributed by atoms with E-state index in [1.165, 1.54) is 18.6 Å². The van der Waals surface area contributed by atoms with Gasteiger partial charge in [0.25, 0.3) is 0 Å². The Morgan fingerprint density at radius 3 is 2.82 bits per heavy atom. The second-order valence-electron chi connectivity index (χ2n) is 3.37. The molecule has 2 heterocycles. The Labute approximate surface area is 97.4 Å². The third-order valence-electron chi connectivity index (χ3n) is 2.06. The lowest BCUT2D eigenvalue weighted by Crippen LogP contribution is -2.07. The molecule has 0 aliphatic heterocycles. The van der Waals surface area contributed by atoms with Crippen LogP contribution in [0.2, 0.25) is 0 Å². The van der Waals surface area contributed by atoms with Gasteiger partial charge in [-0.15, -0.1) is 0 Å². The van der Waals surface area contributed by atoms with Crippen molar-refractivity contribution in [3.8, 4) is 0 Å². The largest absolute Gasteiger partial charge is 0.476 e. The highest BCUT2D eigenvalue weighted by Gasteiger charge is 2.12. The van der Waals surface area contributed by atoms with Crippen LogP contribution in [0.3, 0.4) is 0 Å². The summed E-state index contributed by atoms with van der Waals surface area (Å²) in [4.78, 5) is 22.9. The van der Waals surface area contributed by atoms with Gasteiger partial charge in [-0.25, -0.2) is 14.8 Å². The van der Waals surface area contributed by atoms with Crippen molar-refractivity contribution in [2.75, 3.05) is 5.32 Å². The van der Waals surface area contributed by atoms with Crippen molar-refractivity contribution < 1.29 is 9.90 Å². The quantitative estimate of drug-likeness (QED) is 0.833. The third kappa shape index (κ3) is 2.54. The molecular formula is C11H10N4O2. The van der Waals surface area contributed by atoms with Gasteiger partial charge in [0, 0.05) is 18.1 Å². The Morgan fingerprint density at radius 1 is 1.35 bits per heavy atom. The molecule has 0 aliphatic rings. The predicted molar refractivity (Wildman–Crippen MR) is 61.2 cm³/mol. The Kier molecular flexibility index (Phi) is 2.95. The van der Waals surface area contributed by atoms with Crippen molar-refractivity contribution in [3.63, 3.8) is 0 Å². The zero-order valence-electron chi connectivity index (χ0n) is 9.08. The van der Waals surface area contributed by atoms with Crippen LogP contribution in [0.5, 0.6) is 0 Å². The topological polar surface area (TPSA) is 88.0 Å². The van der Waals surface area contributed by atoms with Crippen LogP contribution < -0.4 is 5.32 Å². The third-order valence-corrected chi connectivity index (χ3v) is 2.06. The summed E-state index contributed by atoms with van der Waals surface area (Å²) in [7, 11) is 0. The van der Waals surface area contributed by atoms with Gasteiger partial charge in [0.1, 0.15) is 5.82 Å². The van der Waals surface area contributed by atoms with Crippen molar-refractivity contribution in [1.82, 2.24) is 15.0 Å². The van der Waals surface area contributed by atoms with Crippen molar-refractivity contribution >= 4 is 17.5 Å². The van der Waals surface area contributed by atoms with E-state index in [-0.39, 0.29) is 5.69 Å². The summed E-state index contributed by atoms with van der Waals surface area (Å²) in [6.45, 7) is 1.73. The molecule has 0 aliphatic carbocycles. The molecule has 0 saturated heterocycles. The minimum atomic E-state index is -1.08. The summed E-state index contributed by atoms with van der Waals surface area (Å²) >= 11 is 0. The fourth-order valence-corrected chi connectivity index (χ4v) is 1.32. The number of aromatic carboxylic acids is 1. The van der Waals surface area contributed by atoms with E-state index in [0.717, 1.165) is 0 Å². The molecule has 0 radical (unpaired) electrons. The minimum Gasteiger partial charge on any atom is -0.476 e. The Bertz CT molecular complexity index is 542. The Hall–Kier alpha value is -2.50. The number of anilines is 2. The lowest BCUT2D eigenvalue weighted by atomic mass is 10.2. The summed E-state index contributed by atoms with van der Waals surface area (Å²) in [5.41, 5.74) is 1.01. The lowest BCUT2D eigenvalue weighted by molar-refractivity contribution is 0.0691. The van der Waals surface area contributed by atoms with Gasteiger partial charge < -0.3 is 10.4 Å². The predicted octanol–water partition coefficient (Wildman–Crippen LogP) is 1.62. The van der Waals surface area contributed by atoms with Gasteiger partial charge in [-0.05, 0) is 19.1 Å². The fourth-order valence-electron chi connectivity index (χ4n) is 1.32. The van der Waals surface area contributed by atoms with Crippen molar-refractivity contribution in [3.05, 3.63) is 42.1 Å². The molecule has 2 rings (SSSR count). The van der Waals surface area contributed by atoms with E-state index in [1.807, 2.05) is 0 Å². The van der Waals surface area contributed by atoms with Gasteiger partial charge in [0.15, 0.2) is 5.69 Å². The van der Waals surface area contributed by atoms with E-state index in [1.54, 1.807) is 19.1 Å². The van der Waals surface area contributed by atoms with Crippen LogP contribution in [0.1, 0.15) is 16.2 Å². The Morgan fingerprint density at radius 2 is 2.18 bits per heavy atom. The first kappa shape index (κ1) is 11.0. The second-order valence-corrected chi connectivity index (χ2v) is 3.37. The van der Waals surface area contributed by atoms with E-state index < -0.39 is 5.97 Å². The molecular weight excluding hydrogens is 220 g/mol. The monoisotopic (exact) mass is 230 g/mol. The lowest BCUT2D eigenvalue weighted by Gasteiger charge is -2.08. The van der Waals surface area contributed by atoms with E-state index in [0.29, 0.717) is 17.2 Å². The summed E-state index contributed by atoms with van der Waals surface area (Å²) in [6.07, 6.45) is 4.56. The van der Waals surface area contributed by atoms with Crippen LogP contribution in [-0.4, -0.2) is 26.0 Å². The number of pyridine rings is 1. The fraction of sp³-hybridized carbons (Fsp3) is 0.0909. The molecule has 0 unspecified atom stereocenters. The molecule has 17 heavy (non-hydrogen) atoms. The molecule has 0 saturated carbocycles. The van der Waals surface area contributed by atoms with Crippen molar-refractivity contribution in [2.45, 2.75) is 6.92 Å². The van der Waals surface area contributed by atoms with Gasteiger partial charge in [0.05, 0.1) is 11.9 Å². The highest BCUT2D eigenvalue weighted by molar-refractivity contribution is 5.92. The van der Waals surface area contributed by atoms with Crippen LogP contribution in [0.25, 0.3) is 0 Å². The zero-order chi connectivity index (χ0) is 12.3. The summed E-state index contributed by atoms with van der Waals surface area (Å²) in [5.74, 6) is -0.610. The zero-order valence-corrected chi connectivity index (χ0v) is 9.08. The van der Waals surface area contributed by atoms with Gasteiger partial charge in [0.2, 0.25) is 0 Å². The van der Waals surface area contributed by atoms with Crippen LogP contribution >= 0.6 is 0 Å². The first-order valence-corrected chi connectivity index (χ1v) is 4.91. The SMILES string of the molecule is Cc1ccc(Nc2cnccn2)c(C(=O)O)n1. The number of aromatic nitrogens is 3. The molecule has 6 nitrogen and oxygen atoms in total. The number of hydrogen-bond donors (Lipinski definition) is 2. The molecule has 0 spiro atoms. The van der Waals surface area contributed by atoms with Crippen molar-refractivity contribution in [2.24, 2.45) is 0 Å². The van der Waals surface area contributed by atoms with Gasteiger partial charge in [-0.2, -0.15) is 0 Å². The number of carboxylic acids is 1. The molecule has 2 aromatic heterocycles. The smallest absolute Gasteiger partial charge is 0.356 e. The number of aryl methyl sites for hydroxylation is 1. The average Bonchev–Trinajstić information content (AvgIpc) is 2.32. The highest BCUT2D eigenvalue weighted by Crippen LogP contribution is 2.17. The normalized spacial score (nSPS) is 9.94. The number of carboxylic acid groups (broad SMARTS) is 1. The van der Waals surface area contributed by atoms with Crippen LogP contribution in [0, 0.1) is 6.92 Å². The molecule has 0 atom stereocenters. The summed E-state index contributed by atoms with van der Waals surface area (Å²) in [5, 5.41) is 11.9. The molecule has 6 heteroatoms. The van der Waals surface area contributed by atoms with Crippen LogP contribution in [0.4, 0.5) is 11.5 Å². The van der Waals surface area contributed by atoms with Gasteiger partial charge in [-0.1, -0.05) is 0 Å². The van der Waals surface area contributed by atoms with E-state index >= 15 is 0 Å². The molecule has 86 valence electrons. The van der Waals surface area contributed by atoms with E-state index in [4.69, 9.17) is 5.11 Å². The van der Waals surface area contributed by atoms with Crippen LogP contribution in [0.15, 0.2) is 30.7 Å². The average molecular weight is 230 g/mol. The maximum absolute atomic E-state index is 11.0. The summed E-state index contributed by atoms with van der Waals surface area (Å²) in [6, 6.07) is 3.38. The van der Waals surface area contributed by atoms with E-state index in [2.05, 4.69) is 20.3 Å². The van der Waals surface area contributed by atoms with Gasteiger partial charge in [-0.3, -0.25) is 4.98 Å². The molecule has 0 amide bonds. The first-order valence-electron chi connectivity index (χ1n) is 4.91. The molecule has 0 aromatic carbocycles. The first-order chi connectivity index (χ1) is 8.16. The number of carbonyl (C=O) groups is 1. The highest BCUT2D eigenvalue weighted by atomic mass is 16.4. The number of rotatable bonds is 3. The minimum absolute atomic E-state index is 0.0318. The number of nitrogens with one attached hydrogen (secondary N) is 1. The molecule has 2 aromatic rings. The van der Waals surface area contributed by atoms with Gasteiger partial charge >= 0.3 is 5.97 Å². The van der Waals surface area contributed by atoms with Crippen LogP contribution in [-0.2, 0) is 0 Å². The summed E-state index contributed by atoms with van der Waals surface area (Å²) < 4.78 is 0. The van der Waals surface area contributed by atoms with E-state index in [9.17, 15) is 4.79 Å². The number of nitrogens with zero attached hydrogens (tertiary/aromatic N) is 3. The standard InChI is InChI=1S/C11H10N4O2/c1-7-2-3-8(10(14-7)11(16)17)15-9-6-12-4-5-13-9/h2-6H,1H3,(H,13,15)(H,16,17). The molecule has 2 N–H and O–H groups in total. The number of hydrogen-bond acceptors (Lipinski definition) is 5.